The largest absolute Gasteiger partial charge is 0.507 e. The molecule has 1 aromatic heterocycles. The zero-order chi connectivity index (χ0) is 19.7. The van der Waals surface area contributed by atoms with E-state index in [9.17, 15) is 14.7 Å². The maximum atomic E-state index is 13.0. The second kappa shape index (κ2) is 7.28. The second-order valence-corrected chi connectivity index (χ2v) is 6.92. The highest BCUT2D eigenvalue weighted by Gasteiger charge is 2.32. The lowest BCUT2D eigenvalue weighted by molar-refractivity contribution is -0.116. The van der Waals surface area contributed by atoms with Crippen LogP contribution in [0.5, 0.6) is 5.75 Å². The summed E-state index contributed by atoms with van der Waals surface area (Å²) in [4.78, 5) is 29.8. The lowest BCUT2D eigenvalue weighted by Gasteiger charge is -2.20. The van der Waals surface area contributed by atoms with Crippen molar-refractivity contribution in [2.75, 3.05) is 10.8 Å². The van der Waals surface area contributed by atoms with Crippen LogP contribution in [0.15, 0.2) is 63.5 Å². The number of amidine groups is 1. The van der Waals surface area contributed by atoms with Gasteiger partial charge in [-0.3, -0.25) is 9.59 Å². The monoisotopic (exact) mass is 393 g/mol. The number of aryl methyl sites for hydroxylation is 1. The average Bonchev–Trinajstić information content (AvgIpc) is 3.04. The molecule has 2 aromatic carbocycles. The molecular weight excluding hydrogens is 378 g/mol. The summed E-state index contributed by atoms with van der Waals surface area (Å²) in [5.74, 6) is 0.300. The van der Waals surface area contributed by atoms with Crippen molar-refractivity contribution in [2.45, 2.75) is 6.92 Å². The normalized spacial score (nSPS) is 16.0. The molecule has 4 rings (SSSR count). The number of para-hydroxylation sites is 2. The van der Waals surface area contributed by atoms with Gasteiger partial charge in [-0.25, -0.2) is 4.98 Å². The van der Waals surface area contributed by atoms with Crippen LogP contribution in [-0.2, 0) is 4.79 Å². The van der Waals surface area contributed by atoms with Crippen LogP contribution in [-0.4, -0.2) is 37.8 Å². The van der Waals surface area contributed by atoms with E-state index >= 15 is 0 Å². The Kier molecular flexibility index (Phi) is 4.66. The van der Waals surface area contributed by atoms with Crippen LogP contribution in [0.1, 0.15) is 11.4 Å². The van der Waals surface area contributed by atoms with Gasteiger partial charge in [0.15, 0.2) is 0 Å². The summed E-state index contributed by atoms with van der Waals surface area (Å²) in [6.07, 6.45) is 1.39. The predicted molar refractivity (Wildman–Crippen MR) is 110 cm³/mol. The van der Waals surface area contributed by atoms with Gasteiger partial charge in [0.05, 0.1) is 22.9 Å². The van der Waals surface area contributed by atoms with Gasteiger partial charge in [0, 0.05) is 5.56 Å². The van der Waals surface area contributed by atoms with Gasteiger partial charge < -0.3 is 5.11 Å². The number of rotatable bonds is 3. The van der Waals surface area contributed by atoms with Crippen molar-refractivity contribution < 1.29 is 9.90 Å². The third-order valence-electron chi connectivity index (χ3n) is 4.13. The molecule has 1 aliphatic rings. The molecule has 0 spiro atoms. The van der Waals surface area contributed by atoms with Gasteiger partial charge in [-0.1, -0.05) is 36.0 Å². The highest BCUT2D eigenvalue weighted by molar-refractivity contribution is 8.15. The fraction of sp³-hybridized carbons (Fsp3) is 0.105. The molecule has 0 unspecified atom stereocenters. The number of hydrogen-bond donors (Lipinski definition) is 1. The fourth-order valence-corrected chi connectivity index (χ4v) is 3.62. The number of hydrogen-bond acceptors (Lipinski definition) is 7. The first kappa shape index (κ1) is 17.9. The van der Waals surface area contributed by atoms with Gasteiger partial charge in [0.1, 0.15) is 11.6 Å². The molecule has 8 nitrogen and oxygen atoms in total. The Morgan fingerprint density at radius 3 is 2.71 bits per heavy atom. The first-order valence-corrected chi connectivity index (χ1v) is 9.38. The van der Waals surface area contributed by atoms with Crippen LogP contribution in [0.3, 0.4) is 0 Å². The number of aromatic nitrogens is 2. The van der Waals surface area contributed by atoms with Crippen molar-refractivity contribution in [1.82, 2.24) is 9.66 Å². The molecule has 1 N–H and O–H groups in total. The van der Waals surface area contributed by atoms with E-state index in [0.29, 0.717) is 22.3 Å². The predicted octanol–water partition coefficient (Wildman–Crippen LogP) is 2.01. The Labute approximate surface area is 163 Å². The van der Waals surface area contributed by atoms with Crippen molar-refractivity contribution in [2.24, 2.45) is 10.2 Å². The van der Waals surface area contributed by atoms with Crippen molar-refractivity contribution in [3.8, 4) is 5.75 Å². The Balaban J connectivity index is 1.76. The highest BCUT2D eigenvalue weighted by atomic mass is 32.2. The number of aromatic hydroxyl groups is 1. The van der Waals surface area contributed by atoms with E-state index in [1.54, 1.807) is 49.4 Å². The number of amides is 1. The number of phenols is 1. The molecule has 0 bridgehead atoms. The number of carbonyl (C=O) groups excluding carboxylic acids is 1. The van der Waals surface area contributed by atoms with Crippen LogP contribution >= 0.6 is 11.8 Å². The van der Waals surface area contributed by atoms with Crippen LogP contribution in [0, 0.1) is 6.92 Å². The van der Waals surface area contributed by atoms with E-state index in [2.05, 4.69) is 15.2 Å². The van der Waals surface area contributed by atoms with Gasteiger partial charge in [-0.05, 0) is 31.2 Å². The third-order valence-corrected chi connectivity index (χ3v) is 5.04. The minimum Gasteiger partial charge on any atom is -0.507 e. The molecule has 1 aliphatic heterocycles. The second-order valence-electron chi connectivity index (χ2n) is 5.97. The summed E-state index contributed by atoms with van der Waals surface area (Å²) in [6, 6.07) is 13.7. The van der Waals surface area contributed by atoms with Crippen molar-refractivity contribution in [3.63, 3.8) is 0 Å². The molecule has 0 saturated carbocycles. The van der Waals surface area contributed by atoms with Gasteiger partial charge in [0.25, 0.3) is 11.5 Å². The summed E-state index contributed by atoms with van der Waals surface area (Å²) >= 11 is 1.18. The number of benzene rings is 2. The number of nitrogens with zero attached hydrogens (tertiary/aromatic N) is 5. The fourth-order valence-electron chi connectivity index (χ4n) is 2.83. The maximum absolute atomic E-state index is 13.0. The minimum absolute atomic E-state index is 0.0734. The van der Waals surface area contributed by atoms with E-state index in [1.165, 1.54) is 33.7 Å². The van der Waals surface area contributed by atoms with Gasteiger partial charge in [0.2, 0.25) is 5.17 Å². The van der Waals surface area contributed by atoms with Crippen LogP contribution in [0.25, 0.3) is 10.9 Å². The lowest BCUT2D eigenvalue weighted by Crippen LogP contribution is -2.47. The number of fused-ring (bicyclic) bond motifs is 1. The highest BCUT2D eigenvalue weighted by Crippen LogP contribution is 2.20. The van der Waals surface area contributed by atoms with Crippen molar-refractivity contribution in [3.05, 3.63) is 70.3 Å². The van der Waals surface area contributed by atoms with E-state index < -0.39 is 0 Å². The van der Waals surface area contributed by atoms with Crippen LogP contribution < -0.4 is 10.6 Å². The zero-order valence-electron chi connectivity index (χ0n) is 14.8. The summed E-state index contributed by atoms with van der Waals surface area (Å²) in [7, 11) is 0. The van der Waals surface area contributed by atoms with Crippen molar-refractivity contribution in [1.29, 1.82) is 0 Å². The molecule has 2 heterocycles. The van der Waals surface area contributed by atoms with Gasteiger partial charge in [-0.2, -0.15) is 14.8 Å². The Bertz CT molecular complexity index is 1200. The summed E-state index contributed by atoms with van der Waals surface area (Å²) in [5.41, 5.74) is 0.710. The smallest absolute Gasteiger partial charge is 0.280 e. The zero-order valence-corrected chi connectivity index (χ0v) is 15.6. The third kappa shape index (κ3) is 3.16. The van der Waals surface area contributed by atoms with Crippen molar-refractivity contribution >= 4 is 40.0 Å². The minimum atomic E-state index is -0.351. The molecular formula is C19H15N5O3S. The number of carbonyl (C=O) groups is 1. The van der Waals surface area contributed by atoms with Gasteiger partial charge in [-0.15, -0.1) is 5.10 Å². The van der Waals surface area contributed by atoms with Gasteiger partial charge >= 0.3 is 0 Å². The van der Waals surface area contributed by atoms with E-state index in [-0.39, 0.29) is 28.1 Å². The number of phenolic OH excluding ortho intramolecular Hbond substituents is 1. The molecule has 9 heteroatoms. The summed E-state index contributed by atoms with van der Waals surface area (Å²) in [6.45, 7) is 1.66. The molecule has 1 fully saturated rings. The Morgan fingerprint density at radius 2 is 1.89 bits per heavy atom. The summed E-state index contributed by atoms with van der Waals surface area (Å²) in [5, 5.41) is 19.7. The average molecular weight is 393 g/mol. The van der Waals surface area contributed by atoms with E-state index in [1.807, 2.05) is 0 Å². The van der Waals surface area contributed by atoms with Crippen LogP contribution in [0.4, 0.5) is 0 Å². The number of thioether (sulfide) groups is 1. The molecule has 0 radical (unpaired) electrons. The Hall–Kier alpha value is -3.46. The molecule has 0 aliphatic carbocycles. The first-order chi connectivity index (χ1) is 13.6. The quantitative estimate of drug-likeness (QED) is 0.542. The molecule has 3 aromatic rings. The SMILES string of the molecule is Cc1nc2ccccc2c(=O)n1N1C(=O)CS/C1=N\N=C\c1ccccc1O. The molecule has 0 atom stereocenters. The van der Waals surface area contributed by atoms with Crippen LogP contribution in [0.2, 0.25) is 0 Å². The maximum Gasteiger partial charge on any atom is 0.280 e. The summed E-state index contributed by atoms with van der Waals surface area (Å²) < 4.78 is 1.22. The molecule has 140 valence electrons. The van der Waals surface area contributed by atoms with E-state index in [4.69, 9.17) is 0 Å². The standard InChI is InChI=1S/C19H15N5O3S/c1-12-21-15-8-4-3-7-14(15)18(27)23(12)24-17(26)11-28-19(24)22-20-10-13-6-2-5-9-16(13)25/h2-10,25H,11H2,1H3/b20-10+,22-19-. The first-order valence-electron chi connectivity index (χ1n) is 8.40. The van der Waals surface area contributed by atoms with E-state index in [0.717, 1.165) is 0 Å². The molecule has 28 heavy (non-hydrogen) atoms. The topological polar surface area (TPSA) is 100 Å². The Morgan fingerprint density at radius 1 is 1.14 bits per heavy atom. The lowest BCUT2D eigenvalue weighted by atomic mass is 10.2. The molecule has 1 amide bonds. The molecule has 1 saturated heterocycles.